The predicted molar refractivity (Wildman–Crippen MR) is 150 cm³/mol. The molecule has 9 nitrogen and oxygen atoms in total. The fourth-order valence-corrected chi connectivity index (χ4v) is 4.25. The van der Waals surface area contributed by atoms with E-state index in [9.17, 15) is 10.1 Å². The van der Waals surface area contributed by atoms with Crippen LogP contribution in [0.1, 0.15) is 18.4 Å². The summed E-state index contributed by atoms with van der Waals surface area (Å²) in [5.41, 5.74) is 2.02. The van der Waals surface area contributed by atoms with Crippen LogP contribution in [0.25, 0.3) is 11.1 Å². The highest BCUT2D eigenvalue weighted by Gasteiger charge is 2.23. The molecule has 0 aromatic heterocycles. The van der Waals surface area contributed by atoms with Crippen molar-refractivity contribution in [2.45, 2.75) is 18.9 Å². The highest BCUT2D eigenvalue weighted by Crippen LogP contribution is 2.39. The number of nitrogens with zero attached hydrogens (tertiary/aromatic N) is 2. The number of amides is 1. The molecule has 1 amide bonds. The number of benzene rings is 2. The summed E-state index contributed by atoms with van der Waals surface area (Å²) in [6.07, 6.45) is 7.80. The first-order chi connectivity index (χ1) is 19.6. The zero-order valence-corrected chi connectivity index (χ0v) is 22.9. The molecular weight excluding hydrogens is 512 g/mol. The molecule has 1 aliphatic heterocycles. The molecule has 0 bridgehead atoms. The smallest absolute Gasteiger partial charge is 0.245 e. The lowest BCUT2D eigenvalue weighted by Gasteiger charge is -2.31. The van der Waals surface area contributed by atoms with Gasteiger partial charge >= 0.3 is 0 Å². The van der Waals surface area contributed by atoms with Gasteiger partial charge in [-0.2, -0.15) is 5.26 Å². The van der Waals surface area contributed by atoms with Crippen LogP contribution in [0.2, 0.25) is 0 Å². The van der Waals surface area contributed by atoms with Crippen molar-refractivity contribution in [2.75, 3.05) is 66.4 Å². The maximum absolute atomic E-state index is 11.9. The van der Waals surface area contributed by atoms with Gasteiger partial charge in [0.1, 0.15) is 25.1 Å². The van der Waals surface area contributed by atoms with Crippen molar-refractivity contribution in [1.29, 1.82) is 5.26 Å². The minimum atomic E-state index is -0.0691. The number of hydrogen-bond acceptors (Lipinski definition) is 8. The van der Waals surface area contributed by atoms with Crippen LogP contribution in [0.15, 0.2) is 49.1 Å². The van der Waals surface area contributed by atoms with E-state index in [1.165, 1.54) is 6.08 Å². The van der Waals surface area contributed by atoms with E-state index < -0.39 is 0 Å². The Balaban J connectivity index is 1.58. The molecule has 3 rings (SSSR count). The lowest BCUT2D eigenvalue weighted by molar-refractivity contribution is -0.127. The Morgan fingerprint density at radius 2 is 1.77 bits per heavy atom. The van der Waals surface area contributed by atoms with Crippen molar-refractivity contribution in [3.8, 4) is 46.8 Å². The van der Waals surface area contributed by atoms with Gasteiger partial charge in [-0.15, -0.1) is 6.42 Å². The molecule has 0 spiro atoms. The molecule has 0 unspecified atom stereocenters. The van der Waals surface area contributed by atoms with Gasteiger partial charge in [-0.3, -0.25) is 4.79 Å². The van der Waals surface area contributed by atoms with Crippen LogP contribution in [0.4, 0.5) is 0 Å². The molecule has 1 saturated heterocycles. The third-order valence-electron chi connectivity index (χ3n) is 6.18. The molecule has 2 aromatic rings. The first-order valence-corrected chi connectivity index (χ1v) is 13.2. The van der Waals surface area contributed by atoms with Gasteiger partial charge in [-0.05, 0) is 35.9 Å². The Morgan fingerprint density at radius 3 is 2.42 bits per heavy atom. The Bertz CT molecular complexity index is 1190. The zero-order valence-electron chi connectivity index (χ0n) is 22.9. The second-order valence-electron chi connectivity index (χ2n) is 8.87. The summed E-state index contributed by atoms with van der Waals surface area (Å²) in [7, 11) is 1.58. The van der Waals surface area contributed by atoms with E-state index in [1.807, 2.05) is 24.3 Å². The summed E-state index contributed by atoms with van der Waals surface area (Å²) in [6, 6.07) is 13.2. The van der Waals surface area contributed by atoms with Gasteiger partial charge in [0.2, 0.25) is 5.91 Å². The largest absolute Gasteiger partial charge is 0.492 e. The fourth-order valence-electron chi connectivity index (χ4n) is 4.25. The van der Waals surface area contributed by atoms with E-state index in [4.69, 9.17) is 34.8 Å². The van der Waals surface area contributed by atoms with Gasteiger partial charge in [-0.25, -0.2) is 0 Å². The summed E-state index contributed by atoms with van der Waals surface area (Å²) in [6.45, 7) is 7.53. The number of carbonyl (C=O) groups is 1. The molecule has 1 aliphatic rings. The highest BCUT2D eigenvalue weighted by molar-refractivity contribution is 5.87. The van der Waals surface area contributed by atoms with Crippen LogP contribution in [0.5, 0.6) is 17.2 Å². The average Bonchev–Trinajstić information content (AvgIpc) is 2.99. The summed E-state index contributed by atoms with van der Waals surface area (Å²) >= 11 is 0. The number of methoxy groups -OCH3 is 1. The minimum absolute atomic E-state index is 0.0561. The van der Waals surface area contributed by atoms with E-state index in [0.717, 1.165) is 11.1 Å². The normalized spacial score (nSPS) is 13.2. The van der Waals surface area contributed by atoms with E-state index in [-0.39, 0.29) is 18.6 Å². The molecular formula is C31H36N2O7. The number of hydrogen-bond donors (Lipinski definition) is 0. The Morgan fingerprint density at radius 1 is 1.07 bits per heavy atom. The van der Waals surface area contributed by atoms with Crippen LogP contribution >= 0.6 is 0 Å². The van der Waals surface area contributed by atoms with E-state index >= 15 is 0 Å². The van der Waals surface area contributed by atoms with Crippen LogP contribution < -0.4 is 14.2 Å². The van der Waals surface area contributed by atoms with Crippen LogP contribution in [-0.4, -0.2) is 83.4 Å². The van der Waals surface area contributed by atoms with Gasteiger partial charge in [0.25, 0.3) is 0 Å². The number of carbonyl (C=O) groups excluding carboxylic acids is 1. The number of piperidine rings is 1. The fraction of sp³-hybridized carbons (Fsp3) is 0.419. The molecule has 9 heteroatoms. The molecule has 0 atom stereocenters. The van der Waals surface area contributed by atoms with Gasteiger partial charge in [0.05, 0.1) is 51.8 Å². The SMILES string of the molecule is C#CCOCCOCCOCCOc1cccc(-c2cc(C#N)cc(OC3CCN(C(=O)C=C)CC3)c2)c1OC. The summed E-state index contributed by atoms with van der Waals surface area (Å²) < 4.78 is 34.0. The van der Waals surface area contributed by atoms with Gasteiger partial charge < -0.3 is 33.3 Å². The van der Waals surface area contributed by atoms with E-state index in [0.29, 0.717) is 88.4 Å². The summed E-state index contributed by atoms with van der Waals surface area (Å²) in [5, 5.41) is 9.66. The van der Waals surface area contributed by atoms with E-state index in [2.05, 4.69) is 18.6 Å². The molecule has 0 aliphatic carbocycles. The molecule has 2 aromatic carbocycles. The molecule has 0 N–H and O–H groups in total. The van der Waals surface area contributed by atoms with Crippen molar-refractivity contribution >= 4 is 5.91 Å². The van der Waals surface area contributed by atoms with Crippen LogP contribution in [-0.2, 0) is 19.0 Å². The zero-order chi connectivity index (χ0) is 28.6. The molecule has 1 fully saturated rings. The molecule has 212 valence electrons. The third-order valence-corrected chi connectivity index (χ3v) is 6.18. The number of terminal acetylenes is 1. The van der Waals surface area contributed by atoms with Crippen LogP contribution in [0.3, 0.4) is 0 Å². The number of likely N-dealkylation sites (tertiary alicyclic amines) is 1. The van der Waals surface area contributed by atoms with Crippen molar-refractivity contribution < 1.29 is 33.2 Å². The first-order valence-electron chi connectivity index (χ1n) is 13.2. The average molecular weight is 549 g/mol. The lowest BCUT2D eigenvalue weighted by atomic mass is 10.0. The first kappa shape index (κ1) is 30.5. The topological polar surface area (TPSA) is 99.5 Å². The maximum Gasteiger partial charge on any atom is 0.245 e. The van der Waals surface area contributed by atoms with Crippen molar-refractivity contribution in [3.05, 3.63) is 54.6 Å². The van der Waals surface area contributed by atoms with Crippen molar-refractivity contribution in [1.82, 2.24) is 4.90 Å². The van der Waals surface area contributed by atoms with Gasteiger partial charge in [0, 0.05) is 31.5 Å². The Kier molecular flexibility index (Phi) is 12.8. The molecule has 0 saturated carbocycles. The number of rotatable bonds is 16. The number of para-hydroxylation sites is 1. The Hall–Kier alpha value is -4.02. The number of ether oxygens (including phenoxy) is 6. The van der Waals surface area contributed by atoms with Crippen molar-refractivity contribution in [3.63, 3.8) is 0 Å². The summed E-state index contributed by atoms with van der Waals surface area (Å²) in [5.74, 6) is 4.04. The lowest BCUT2D eigenvalue weighted by Crippen LogP contribution is -2.41. The molecule has 0 radical (unpaired) electrons. The van der Waals surface area contributed by atoms with Crippen molar-refractivity contribution in [2.24, 2.45) is 0 Å². The van der Waals surface area contributed by atoms with Gasteiger partial charge in [0.15, 0.2) is 11.5 Å². The predicted octanol–water partition coefficient (Wildman–Crippen LogP) is 3.85. The van der Waals surface area contributed by atoms with Crippen LogP contribution in [0, 0.1) is 23.7 Å². The minimum Gasteiger partial charge on any atom is -0.492 e. The highest BCUT2D eigenvalue weighted by atomic mass is 16.6. The molecule has 40 heavy (non-hydrogen) atoms. The maximum atomic E-state index is 11.9. The second kappa shape index (κ2) is 16.8. The molecule has 1 heterocycles. The monoisotopic (exact) mass is 548 g/mol. The standard InChI is InChI=1S/C31H36N2O7/c1-4-13-36-14-15-37-16-17-38-18-19-39-29-8-6-7-28(31(29)35-3)25-20-24(23-32)21-27(22-25)40-26-9-11-33(12-10-26)30(34)5-2/h1,5-8,20-22,26H,2,9-19H2,3H3. The summed E-state index contributed by atoms with van der Waals surface area (Å²) in [4.78, 5) is 13.6. The van der Waals surface area contributed by atoms with Gasteiger partial charge in [-0.1, -0.05) is 24.6 Å². The quantitative estimate of drug-likeness (QED) is 0.177. The number of nitriles is 1. The Labute approximate surface area is 236 Å². The second-order valence-corrected chi connectivity index (χ2v) is 8.87. The third kappa shape index (κ3) is 9.32. The van der Waals surface area contributed by atoms with E-state index in [1.54, 1.807) is 24.1 Å².